The molecule has 1 aliphatic heterocycles. The molecule has 1 aromatic heterocycles. The van der Waals surface area contributed by atoms with Crippen molar-refractivity contribution in [2.24, 2.45) is 5.92 Å². The van der Waals surface area contributed by atoms with E-state index in [4.69, 9.17) is 4.52 Å². The number of rotatable bonds is 9. The molecule has 0 atom stereocenters. The predicted molar refractivity (Wildman–Crippen MR) is 141 cm³/mol. The van der Waals surface area contributed by atoms with Gasteiger partial charge in [-0.2, -0.15) is 4.31 Å². The number of halogens is 1. The van der Waals surface area contributed by atoms with Crippen LogP contribution in [0.3, 0.4) is 0 Å². The van der Waals surface area contributed by atoms with Gasteiger partial charge in [0, 0.05) is 43.7 Å². The first kappa shape index (κ1) is 27.5. The van der Waals surface area contributed by atoms with Gasteiger partial charge in [-0.15, -0.1) is 0 Å². The molecule has 2 heterocycles. The van der Waals surface area contributed by atoms with Gasteiger partial charge in [0.25, 0.3) is 0 Å². The third kappa shape index (κ3) is 6.66. The highest BCUT2D eigenvalue weighted by molar-refractivity contribution is 7.89. The number of nitrogens with zero attached hydrogens (tertiary/aromatic N) is 3. The highest BCUT2D eigenvalue weighted by atomic mass is 32.2. The first-order valence-electron chi connectivity index (χ1n) is 13.1. The van der Waals surface area contributed by atoms with Crippen molar-refractivity contribution in [3.63, 3.8) is 0 Å². The molecule has 10 heteroatoms. The summed E-state index contributed by atoms with van der Waals surface area (Å²) in [5.74, 6) is -0.581. The van der Waals surface area contributed by atoms with Crippen molar-refractivity contribution in [1.29, 1.82) is 0 Å². The summed E-state index contributed by atoms with van der Waals surface area (Å²) in [5, 5.41) is 6.89. The number of amides is 1. The summed E-state index contributed by atoms with van der Waals surface area (Å²) >= 11 is 0. The molecule has 4 rings (SSSR count). The Morgan fingerprint density at radius 3 is 2.57 bits per heavy atom. The van der Waals surface area contributed by atoms with Crippen molar-refractivity contribution in [3.8, 4) is 0 Å². The molecule has 0 unspecified atom stereocenters. The average molecular weight is 533 g/mol. The van der Waals surface area contributed by atoms with Gasteiger partial charge in [0.15, 0.2) is 10.7 Å². The van der Waals surface area contributed by atoms with E-state index in [0.29, 0.717) is 31.0 Å². The molecule has 2 aromatic rings. The SMILES string of the molecule is Cc1noc(/C=C/c2ccccc2F)c1S(=O)(=O)N1CCC(C(=O)NCCN(C)C2CCCCC2)CC1. The minimum absolute atomic E-state index is 0.0104. The van der Waals surface area contributed by atoms with Crippen molar-refractivity contribution in [3.05, 3.63) is 47.1 Å². The zero-order chi connectivity index (χ0) is 26.4. The summed E-state index contributed by atoms with van der Waals surface area (Å²) in [4.78, 5) is 15.1. The van der Waals surface area contributed by atoms with E-state index in [2.05, 4.69) is 22.4 Å². The van der Waals surface area contributed by atoms with Crippen LogP contribution in [-0.2, 0) is 14.8 Å². The fraction of sp³-hybridized carbons (Fsp3) is 0.556. The van der Waals surface area contributed by atoms with E-state index in [-0.39, 0.29) is 41.3 Å². The van der Waals surface area contributed by atoms with Gasteiger partial charge in [0.2, 0.25) is 15.9 Å². The van der Waals surface area contributed by atoms with E-state index >= 15 is 0 Å². The third-order valence-electron chi connectivity index (χ3n) is 7.54. The number of carbonyl (C=O) groups is 1. The number of hydrogen-bond donors (Lipinski definition) is 1. The van der Waals surface area contributed by atoms with Crippen LogP contribution >= 0.6 is 0 Å². The van der Waals surface area contributed by atoms with Gasteiger partial charge in [-0.1, -0.05) is 42.6 Å². The number of aromatic nitrogens is 1. The van der Waals surface area contributed by atoms with Crippen LogP contribution in [-0.4, -0.2) is 68.0 Å². The molecule has 1 N–H and O–H groups in total. The van der Waals surface area contributed by atoms with Gasteiger partial charge < -0.3 is 14.7 Å². The third-order valence-corrected chi connectivity index (χ3v) is 9.59. The lowest BCUT2D eigenvalue weighted by Gasteiger charge is -2.32. The number of benzene rings is 1. The van der Waals surface area contributed by atoms with Crippen LogP contribution in [0.25, 0.3) is 12.2 Å². The van der Waals surface area contributed by atoms with Crippen molar-refractivity contribution in [2.75, 3.05) is 33.2 Å². The Kier molecular flexibility index (Phi) is 9.15. The first-order valence-corrected chi connectivity index (χ1v) is 14.6. The molecular weight excluding hydrogens is 495 g/mol. The molecule has 0 spiro atoms. The van der Waals surface area contributed by atoms with Crippen LogP contribution in [0.5, 0.6) is 0 Å². The Morgan fingerprint density at radius 2 is 1.86 bits per heavy atom. The summed E-state index contributed by atoms with van der Waals surface area (Å²) in [6, 6.07) is 6.81. The van der Waals surface area contributed by atoms with Gasteiger partial charge >= 0.3 is 0 Å². The van der Waals surface area contributed by atoms with Gasteiger partial charge in [-0.3, -0.25) is 4.79 Å². The number of nitrogens with one attached hydrogen (secondary N) is 1. The predicted octanol–water partition coefficient (Wildman–Crippen LogP) is 4.07. The molecule has 0 radical (unpaired) electrons. The molecule has 1 amide bonds. The maximum atomic E-state index is 14.0. The molecule has 2 aliphatic rings. The van der Waals surface area contributed by atoms with E-state index in [1.807, 2.05) is 0 Å². The van der Waals surface area contributed by atoms with Crippen LogP contribution in [0.1, 0.15) is 62.0 Å². The Balaban J connectivity index is 1.32. The zero-order valence-corrected chi connectivity index (χ0v) is 22.5. The smallest absolute Gasteiger partial charge is 0.248 e. The Morgan fingerprint density at radius 1 is 1.16 bits per heavy atom. The quantitative estimate of drug-likeness (QED) is 0.523. The molecule has 8 nitrogen and oxygen atoms in total. The number of sulfonamides is 1. The van der Waals surface area contributed by atoms with E-state index in [0.717, 1.165) is 6.54 Å². The lowest BCUT2D eigenvalue weighted by Crippen LogP contribution is -2.45. The largest absolute Gasteiger partial charge is 0.355 e. The molecule has 202 valence electrons. The van der Waals surface area contributed by atoms with Crippen LogP contribution < -0.4 is 5.32 Å². The van der Waals surface area contributed by atoms with E-state index in [9.17, 15) is 17.6 Å². The summed E-state index contributed by atoms with van der Waals surface area (Å²) < 4.78 is 47.5. The maximum absolute atomic E-state index is 14.0. The van der Waals surface area contributed by atoms with Crippen molar-refractivity contribution >= 4 is 28.1 Å². The molecule has 0 bridgehead atoms. The Hall–Kier alpha value is -2.56. The van der Waals surface area contributed by atoms with E-state index < -0.39 is 15.8 Å². The molecule has 1 saturated carbocycles. The monoisotopic (exact) mass is 532 g/mol. The molecule has 1 aromatic carbocycles. The maximum Gasteiger partial charge on any atom is 0.248 e. The van der Waals surface area contributed by atoms with Gasteiger partial charge in [0.1, 0.15) is 11.5 Å². The lowest BCUT2D eigenvalue weighted by atomic mass is 9.94. The number of carbonyl (C=O) groups excluding carboxylic acids is 1. The highest BCUT2D eigenvalue weighted by Gasteiger charge is 2.36. The number of hydrogen-bond acceptors (Lipinski definition) is 6. The second kappa shape index (κ2) is 12.3. The minimum atomic E-state index is -3.89. The van der Waals surface area contributed by atoms with Crippen LogP contribution in [0.15, 0.2) is 33.7 Å². The Bertz CT molecular complexity index is 1200. The molecule has 37 heavy (non-hydrogen) atoms. The van der Waals surface area contributed by atoms with Crippen LogP contribution in [0.2, 0.25) is 0 Å². The topological polar surface area (TPSA) is 95.8 Å². The molecule has 2 fully saturated rings. The highest BCUT2D eigenvalue weighted by Crippen LogP contribution is 2.29. The fourth-order valence-corrected chi connectivity index (χ4v) is 6.99. The zero-order valence-electron chi connectivity index (χ0n) is 21.7. The van der Waals surface area contributed by atoms with Gasteiger partial charge in [-0.25, -0.2) is 12.8 Å². The second-order valence-corrected chi connectivity index (χ2v) is 11.9. The lowest BCUT2D eigenvalue weighted by molar-refractivity contribution is -0.126. The van der Waals surface area contributed by atoms with Crippen molar-refractivity contribution in [2.45, 2.75) is 62.8 Å². The second-order valence-electron chi connectivity index (χ2n) is 10.1. The first-order chi connectivity index (χ1) is 17.8. The minimum Gasteiger partial charge on any atom is -0.355 e. The number of likely N-dealkylation sites (N-methyl/N-ethyl adjacent to an activating group) is 1. The summed E-state index contributed by atoms with van der Waals surface area (Å²) in [6.45, 7) is 3.47. The molecule has 1 saturated heterocycles. The summed E-state index contributed by atoms with van der Waals surface area (Å²) in [7, 11) is -1.77. The average Bonchev–Trinajstić information content (AvgIpc) is 3.29. The van der Waals surface area contributed by atoms with Crippen molar-refractivity contribution in [1.82, 2.24) is 19.7 Å². The van der Waals surface area contributed by atoms with Crippen LogP contribution in [0, 0.1) is 18.7 Å². The van der Waals surface area contributed by atoms with Gasteiger partial charge in [-0.05, 0) is 57.9 Å². The molecular formula is C27H37FN4O4S. The number of aryl methyl sites for hydroxylation is 1. The van der Waals surface area contributed by atoms with E-state index in [1.54, 1.807) is 25.1 Å². The normalized spacial score (nSPS) is 18.6. The molecule has 1 aliphatic carbocycles. The summed E-state index contributed by atoms with van der Waals surface area (Å²) in [6.07, 6.45) is 10.1. The van der Waals surface area contributed by atoms with Crippen molar-refractivity contribution < 1.29 is 22.1 Å². The fourth-order valence-electron chi connectivity index (χ4n) is 5.27. The standard InChI is InChI=1S/C27H37FN4O4S/c1-20-26(25(36-30-20)13-12-21-8-6-7-11-24(21)28)37(34,35)32-17-14-22(15-18-32)27(33)29-16-19-31(2)23-9-4-3-5-10-23/h6-8,11-13,22-23H,3-5,9-10,14-19H2,1-2H3,(H,29,33)/b13-12+. The van der Waals surface area contributed by atoms with Crippen LogP contribution in [0.4, 0.5) is 4.39 Å². The van der Waals surface area contributed by atoms with E-state index in [1.165, 1.54) is 54.6 Å². The number of piperidine rings is 1. The summed E-state index contributed by atoms with van der Waals surface area (Å²) in [5.41, 5.74) is 0.562. The van der Waals surface area contributed by atoms with Gasteiger partial charge in [0.05, 0.1) is 0 Å². The Labute approximate surface area is 218 Å².